The number of carbonyl (C=O) groups is 1. The summed E-state index contributed by atoms with van der Waals surface area (Å²) in [7, 11) is 0. The van der Waals surface area contributed by atoms with Crippen molar-refractivity contribution in [3.05, 3.63) is 65.4 Å². The summed E-state index contributed by atoms with van der Waals surface area (Å²) in [4.78, 5) is 26.4. The summed E-state index contributed by atoms with van der Waals surface area (Å²) in [6.07, 6.45) is 6.42. The monoisotopic (exact) mass is 382 g/mol. The third-order valence-electron chi connectivity index (χ3n) is 4.65. The van der Waals surface area contributed by atoms with Gasteiger partial charge in [0.1, 0.15) is 23.8 Å². The fourth-order valence-corrected chi connectivity index (χ4v) is 3.28. The maximum absolute atomic E-state index is 13.1. The molecule has 0 saturated carbocycles. The Hall–Kier alpha value is -3.36. The topological polar surface area (TPSA) is 86.0 Å². The van der Waals surface area contributed by atoms with Crippen molar-refractivity contribution in [2.75, 3.05) is 6.54 Å². The molecule has 4 heterocycles. The van der Waals surface area contributed by atoms with E-state index in [0.29, 0.717) is 25.4 Å². The van der Waals surface area contributed by atoms with Crippen LogP contribution in [0.3, 0.4) is 0 Å². The van der Waals surface area contributed by atoms with E-state index in [9.17, 15) is 9.18 Å². The molecule has 3 aromatic rings. The molecule has 1 amide bonds. The van der Waals surface area contributed by atoms with Gasteiger partial charge in [-0.05, 0) is 19.1 Å². The van der Waals surface area contributed by atoms with Gasteiger partial charge in [-0.3, -0.25) is 14.5 Å². The van der Waals surface area contributed by atoms with Crippen LogP contribution in [-0.4, -0.2) is 42.1 Å². The molecule has 144 valence electrons. The molecule has 9 heteroatoms. The number of pyridine rings is 1. The third-order valence-corrected chi connectivity index (χ3v) is 4.65. The van der Waals surface area contributed by atoms with Gasteiger partial charge in [0.05, 0.1) is 12.4 Å². The Labute approximate surface area is 161 Å². The smallest absolute Gasteiger partial charge is 0.272 e. The number of amides is 1. The highest BCUT2D eigenvalue weighted by atomic mass is 19.1. The molecule has 0 N–H and O–H groups in total. The molecule has 0 bridgehead atoms. The van der Waals surface area contributed by atoms with E-state index in [1.807, 2.05) is 11.6 Å². The second kappa shape index (κ2) is 7.71. The summed E-state index contributed by atoms with van der Waals surface area (Å²) in [5.74, 6) is -0.276. The Morgan fingerprint density at radius 2 is 2.14 bits per heavy atom. The first-order chi connectivity index (χ1) is 13.7. The number of aryl methyl sites for hydroxylation is 1. The van der Waals surface area contributed by atoms with Gasteiger partial charge in [0.2, 0.25) is 5.88 Å². The first-order valence-corrected chi connectivity index (χ1v) is 9.02. The lowest BCUT2D eigenvalue weighted by Crippen LogP contribution is -2.37. The molecule has 0 atom stereocenters. The lowest BCUT2D eigenvalue weighted by Gasteiger charge is -2.27. The number of aromatic nitrogens is 5. The van der Waals surface area contributed by atoms with E-state index < -0.39 is 5.82 Å². The molecule has 8 nitrogen and oxygen atoms in total. The van der Waals surface area contributed by atoms with Crippen molar-refractivity contribution in [1.82, 2.24) is 29.6 Å². The van der Waals surface area contributed by atoms with Crippen molar-refractivity contribution in [2.45, 2.75) is 33.0 Å². The average molecular weight is 382 g/mol. The maximum Gasteiger partial charge on any atom is 0.272 e. The number of halogens is 1. The van der Waals surface area contributed by atoms with Gasteiger partial charge in [0.25, 0.3) is 5.91 Å². The molecule has 0 saturated heterocycles. The molecular formula is C19H19FN6O2. The van der Waals surface area contributed by atoms with Crippen molar-refractivity contribution in [3.63, 3.8) is 0 Å². The van der Waals surface area contributed by atoms with Crippen LogP contribution >= 0.6 is 0 Å². The Morgan fingerprint density at radius 1 is 1.25 bits per heavy atom. The number of rotatable bonds is 5. The third kappa shape index (κ3) is 3.55. The number of carbonyl (C=O) groups excluding carboxylic acids is 1. The predicted molar refractivity (Wildman–Crippen MR) is 96.9 cm³/mol. The number of hydrogen-bond donors (Lipinski definition) is 0. The van der Waals surface area contributed by atoms with Gasteiger partial charge in [-0.2, -0.15) is 5.10 Å². The zero-order chi connectivity index (χ0) is 19.5. The molecule has 0 spiro atoms. The molecule has 1 aliphatic rings. The fourth-order valence-electron chi connectivity index (χ4n) is 3.28. The van der Waals surface area contributed by atoms with E-state index in [0.717, 1.165) is 29.7 Å². The van der Waals surface area contributed by atoms with Crippen LogP contribution in [0, 0.1) is 5.82 Å². The zero-order valence-corrected chi connectivity index (χ0v) is 15.4. The normalized spacial score (nSPS) is 13.3. The minimum atomic E-state index is -0.467. The summed E-state index contributed by atoms with van der Waals surface area (Å²) < 4.78 is 20.7. The van der Waals surface area contributed by atoms with Gasteiger partial charge < -0.3 is 9.64 Å². The van der Waals surface area contributed by atoms with Crippen LogP contribution in [0.4, 0.5) is 4.39 Å². The van der Waals surface area contributed by atoms with Gasteiger partial charge >= 0.3 is 0 Å². The van der Waals surface area contributed by atoms with Crippen LogP contribution in [0.1, 0.15) is 34.4 Å². The highest BCUT2D eigenvalue weighted by molar-refractivity contribution is 5.92. The quantitative estimate of drug-likeness (QED) is 0.671. The summed E-state index contributed by atoms with van der Waals surface area (Å²) >= 11 is 0. The van der Waals surface area contributed by atoms with Crippen molar-refractivity contribution >= 4 is 5.91 Å². The molecule has 0 fully saturated rings. The van der Waals surface area contributed by atoms with Gasteiger partial charge in [-0.25, -0.2) is 14.4 Å². The van der Waals surface area contributed by atoms with Crippen LogP contribution < -0.4 is 4.74 Å². The molecule has 0 aromatic carbocycles. The first kappa shape index (κ1) is 18.0. The first-order valence-electron chi connectivity index (χ1n) is 9.02. The van der Waals surface area contributed by atoms with Gasteiger partial charge in [0, 0.05) is 49.7 Å². The Morgan fingerprint density at radius 3 is 2.86 bits per heavy atom. The number of hydrogen-bond acceptors (Lipinski definition) is 6. The minimum Gasteiger partial charge on any atom is -0.470 e. The van der Waals surface area contributed by atoms with E-state index >= 15 is 0 Å². The minimum absolute atomic E-state index is 0.226. The highest BCUT2D eigenvalue weighted by Crippen LogP contribution is 2.25. The second-order valence-electron chi connectivity index (χ2n) is 6.36. The van der Waals surface area contributed by atoms with Crippen LogP contribution in [0.25, 0.3) is 0 Å². The van der Waals surface area contributed by atoms with Crippen molar-refractivity contribution in [2.24, 2.45) is 0 Å². The lowest BCUT2D eigenvalue weighted by atomic mass is 10.0. The van der Waals surface area contributed by atoms with Gasteiger partial charge in [0.15, 0.2) is 0 Å². The van der Waals surface area contributed by atoms with Crippen molar-refractivity contribution < 1.29 is 13.9 Å². The van der Waals surface area contributed by atoms with E-state index in [1.54, 1.807) is 23.5 Å². The summed E-state index contributed by atoms with van der Waals surface area (Å²) in [6, 6.07) is 2.64. The summed E-state index contributed by atoms with van der Waals surface area (Å²) in [6.45, 7) is 3.97. The fraction of sp³-hybridized carbons (Fsp3) is 0.316. The molecule has 0 unspecified atom stereocenters. The highest BCUT2D eigenvalue weighted by Gasteiger charge is 2.28. The zero-order valence-electron chi connectivity index (χ0n) is 15.4. The molecule has 0 aliphatic carbocycles. The second-order valence-corrected chi connectivity index (χ2v) is 6.36. The van der Waals surface area contributed by atoms with Gasteiger partial charge in [-0.15, -0.1) is 0 Å². The van der Waals surface area contributed by atoms with Crippen molar-refractivity contribution in [3.8, 4) is 5.88 Å². The van der Waals surface area contributed by atoms with Crippen molar-refractivity contribution in [1.29, 1.82) is 0 Å². The Balaban J connectivity index is 1.55. The largest absolute Gasteiger partial charge is 0.470 e. The summed E-state index contributed by atoms with van der Waals surface area (Å²) in [5.41, 5.74) is 3.08. The van der Waals surface area contributed by atoms with E-state index in [-0.39, 0.29) is 18.2 Å². The van der Waals surface area contributed by atoms with Crippen LogP contribution in [0.5, 0.6) is 5.88 Å². The standard InChI is InChI=1S/C19H19FN6O2/c1-2-26-17-5-8-25(19(27)15-4-3-13(20)9-23-15)11-14(17)16(24-26)12-28-18-10-21-6-7-22-18/h3-4,6-7,9-10H,2,5,8,11-12H2,1H3. The predicted octanol–water partition coefficient (Wildman–Crippen LogP) is 2.00. The lowest BCUT2D eigenvalue weighted by molar-refractivity contribution is 0.0726. The summed E-state index contributed by atoms with van der Waals surface area (Å²) in [5, 5.41) is 4.64. The molecular weight excluding hydrogens is 363 g/mol. The molecule has 3 aromatic heterocycles. The average Bonchev–Trinajstić information content (AvgIpc) is 3.10. The molecule has 4 rings (SSSR count). The van der Waals surface area contributed by atoms with E-state index in [1.165, 1.54) is 12.1 Å². The maximum atomic E-state index is 13.1. The molecule has 28 heavy (non-hydrogen) atoms. The molecule has 1 aliphatic heterocycles. The Bertz CT molecular complexity index is 974. The number of nitrogens with zero attached hydrogens (tertiary/aromatic N) is 6. The number of ether oxygens (including phenoxy) is 1. The SMILES string of the molecule is CCn1nc(COc2cnccn2)c2c1CCN(C(=O)c1ccc(F)cn1)C2. The van der Waals surface area contributed by atoms with E-state index in [4.69, 9.17) is 4.74 Å². The Kier molecular flexibility index (Phi) is 4.96. The number of fused-ring (bicyclic) bond motifs is 1. The van der Waals surface area contributed by atoms with Crippen LogP contribution in [0.2, 0.25) is 0 Å². The van der Waals surface area contributed by atoms with Crippen LogP contribution in [0.15, 0.2) is 36.9 Å². The van der Waals surface area contributed by atoms with E-state index in [2.05, 4.69) is 20.1 Å². The van der Waals surface area contributed by atoms with Crippen LogP contribution in [-0.2, 0) is 26.1 Å². The molecule has 0 radical (unpaired) electrons. The van der Waals surface area contributed by atoms with Gasteiger partial charge in [-0.1, -0.05) is 0 Å².